The van der Waals surface area contributed by atoms with Gasteiger partial charge in [0, 0.05) is 18.8 Å². The van der Waals surface area contributed by atoms with E-state index in [1.54, 1.807) is 13.8 Å². The summed E-state index contributed by atoms with van der Waals surface area (Å²) in [5, 5.41) is 5.40. The number of methoxy groups -OCH3 is 1. The first-order valence-corrected chi connectivity index (χ1v) is 9.30. The summed E-state index contributed by atoms with van der Waals surface area (Å²) in [5.74, 6) is -0.828. The van der Waals surface area contributed by atoms with Gasteiger partial charge in [-0.1, -0.05) is 24.3 Å². The number of benzene rings is 1. The lowest BCUT2D eigenvalue weighted by molar-refractivity contribution is -0.147. The van der Waals surface area contributed by atoms with Crippen LogP contribution < -0.4 is 10.6 Å². The minimum atomic E-state index is -0.502. The Hall–Kier alpha value is -2.87. The van der Waals surface area contributed by atoms with Crippen LogP contribution in [0.15, 0.2) is 35.5 Å². The van der Waals surface area contributed by atoms with Crippen LogP contribution in [0.5, 0.6) is 0 Å². The number of ether oxygens (including phenoxy) is 2. The number of rotatable bonds is 5. The van der Waals surface area contributed by atoms with Crippen molar-refractivity contribution in [3.63, 3.8) is 0 Å². The Bertz CT molecular complexity index is 820. The number of hydrogen-bond donors (Lipinski definition) is 2. The molecule has 0 saturated heterocycles. The van der Waals surface area contributed by atoms with E-state index in [9.17, 15) is 14.4 Å². The Balaban J connectivity index is 1.95. The second-order valence-corrected chi connectivity index (χ2v) is 6.85. The summed E-state index contributed by atoms with van der Waals surface area (Å²) >= 11 is 0. The van der Waals surface area contributed by atoms with Crippen LogP contribution in [-0.4, -0.2) is 55.2 Å². The van der Waals surface area contributed by atoms with Gasteiger partial charge in [0.05, 0.1) is 25.3 Å². The molecule has 3 rings (SSSR count). The van der Waals surface area contributed by atoms with Gasteiger partial charge in [0.1, 0.15) is 6.04 Å². The molecule has 2 amide bonds. The number of hydrogen-bond acceptors (Lipinski definition) is 6. The van der Waals surface area contributed by atoms with Gasteiger partial charge >= 0.3 is 18.0 Å². The molecule has 0 unspecified atom stereocenters. The third-order valence-corrected chi connectivity index (χ3v) is 5.05. The zero-order valence-electron chi connectivity index (χ0n) is 16.3. The van der Waals surface area contributed by atoms with Gasteiger partial charge < -0.3 is 20.1 Å². The molecule has 0 spiro atoms. The summed E-state index contributed by atoms with van der Waals surface area (Å²) in [6.45, 7) is 4.42. The Kier molecular flexibility index (Phi) is 5.99. The molecule has 0 fully saturated rings. The van der Waals surface area contributed by atoms with E-state index in [2.05, 4.69) is 10.6 Å². The van der Waals surface area contributed by atoms with Crippen molar-refractivity contribution in [3.05, 3.63) is 46.7 Å². The van der Waals surface area contributed by atoms with Crippen molar-refractivity contribution in [3.8, 4) is 0 Å². The Morgan fingerprint density at radius 1 is 1.25 bits per heavy atom. The molecule has 0 aromatic heterocycles. The number of carbonyl (C=O) groups excluding carboxylic acids is 3. The molecular formula is C20H25N3O5. The van der Waals surface area contributed by atoms with E-state index in [0.717, 1.165) is 11.1 Å². The number of carbonyl (C=O) groups is 3. The molecule has 2 N–H and O–H groups in total. The van der Waals surface area contributed by atoms with E-state index in [4.69, 9.17) is 9.47 Å². The summed E-state index contributed by atoms with van der Waals surface area (Å²) in [4.78, 5) is 38.8. The summed E-state index contributed by atoms with van der Waals surface area (Å²) in [7, 11) is 1.36. The summed E-state index contributed by atoms with van der Waals surface area (Å²) in [6.07, 6.45) is 0.507. The van der Waals surface area contributed by atoms with Crippen LogP contribution in [0.3, 0.4) is 0 Å². The lowest BCUT2D eigenvalue weighted by Crippen LogP contribution is -2.53. The molecule has 8 heteroatoms. The molecular weight excluding hydrogens is 362 g/mol. The van der Waals surface area contributed by atoms with Crippen molar-refractivity contribution in [1.29, 1.82) is 0 Å². The van der Waals surface area contributed by atoms with Crippen LogP contribution in [-0.2, 0) is 32.0 Å². The molecule has 0 radical (unpaired) electrons. The van der Waals surface area contributed by atoms with Gasteiger partial charge in [-0.15, -0.1) is 0 Å². The number of esters is 2. The molecule has 0 saturated carbocycles. The topological polar surface area (TPSA) is 97.0 Å². The van der Waals surface area contributed by atoms with E-state index < -0.39 is 18.1 Å². The SMILES string of the molecule is CCOC(=O)C1=C(CN2Cc3ccccc3C[C@H]2C(=O)OC)NC(=O)N[C@@H]1C. The fourth-order valence-electron chi connectivity index (χ4n) is 3.72. The maximum atomic E-state index is 12.5. The maximum absolute atomic E-state index is 12.5. The molecule has 8 nitrogen and oxygen atoms in total. The second kappa shape index (κ2) is 8.43. The molecule has 150 valence electrons. The predicted molar refractivity (Wildman–Crippen MR) is 101 cm³/mol. The summed E-state index contributed by atoms with van der Waals surface area (Å²) < 4.78 is 10.2. The highest BCUT2D eigenvalue weighted by Crippen LogP contribution is 2.26. The van der Waals surface area contributed by atoms with E-state index in [0.29, 0.717) is 24.2 Å². The van der Waals surface area contributed by atoms with Crippen molar-refractivity contribution < 1.29 is 23.9 Å². The molecule has 1 aromatic carbocycles. The van der Waals surface area contributed by atoms with Crippen LogP contribution >= 0.6 is 0 Å². The predicted octanol–water partition coefficient (Wildman–Crippen LogP) is 1.10. The van der Waals surface area contributed by atoms with Crippen LogP contribution in [0.4, 0.5) is 4.79 Å². The van der Waals surface area contributed by atoms with E-state index in [1.807, 2.05) is 29.2 Å². The van der Waals surface area contributed by atoms with Crippen molar-refractivity contribution >= 4 is 18.0 Å². The van der Waals surface area contributed by atoms with Gasteiger partial charge in [0.25, 0.3) is 0 Å². The average Bonchev–Trinajstić information content (AvgIpc) is 2.66. The smallest absolute Gasteiger partial charge is 0.337 e. The van der Waals surface area contributed by atoms with Crippen LogP contribution in [0.25, 0.3) is 0 Å². The van der Waals surface area contributed by atoms with Crippen molar-refractivity contribution in [1.82, 2.24) is 15.5 Å². The highest BCUT2D eigenvalue weighted by Gasteiger charge is 2.36. The molecule has 2 atom stereocenters. The third-order valence-electron chi connectivity index (χ3n) is 5.05. The molecule has 1 aromatic rings. The van der Waals surface area contributed by atoms with Gasteiger partial charge in [0.15, 0.2) is 0 Å². The fourth-order valence-corrected chi connectivity index (χ4v) is 3.72. The van der Waals surface area contributed by atoms with Crippen LogP contribution in [0, 0.1) is 0 Å². The molecule has 0 aliphatic carbocycles. The first-order chi connectivity index (χ1) is 13.4. The van der Waals surface area contributed by atoms with Crippen molar-refractivity contribution in [2.45, 2.75) is 38.9 Å². The molecule has 0 bridgehead atoms. The highest BCUT2D eigenvalue weighted by molar-refractivity contribution is 5.94. The zero-order chi connectivity index (χ0) is 20.3. The first-order valence-electron chi connectivity index (χ1n) is 9.30. The highest BCUT2D eigenvalue weighted by atomic mass is 16.5. The van der Waals surface area contributed by atoms with Crippen molar-refractivity contribution in [2.75, 3.05) is 20.3 Å². The number of amides is 2. The fraction of sp³-hybridized carbons (Fsp3) is 0.450. The van der Waals surface area contributed by atoms with Crippen molar-refractivity contribution in [2.24, 2.45) is 0 Å². The summed E-state index contributed by atoms with van der Waals surface area (Å²) in [5.41, 5.74) is 3.01. The zero-order valence-corrected chi connectivity index (χ0v) is 16.3. The van der Waals surface area contributed by atoms with E-state index >= 15 is 0 Å². The minimum Gasteiger partial charge on any atom is -0.468 e. The molecule has 2 aliphatic heterocycles. The average molecular weight is 387 g/mol. The molecule has 2 aliphatic rings. The number of fused-ring (bicyclic) bond motifs is 1. The van der Waals surface area contributed by atoms with Gasteiger partial charge in [-0.2, -0.15) is 0 Å². The Labute approximate surface area is 163 Å². The standard InChI is InChI=1S/C20H25N3O5/c1-4-28-19(25)17-12(2)21-20(26)22-15(17)11-23-10-14-8-6-5-7-13(14)9-16(23)18(24)27-3/h5-8,12,16H,4,9-11H2,1-3H3,(H2,21,22,26)/t12-,16+/m1/s1. The largest absolute Gasteiger partial charge is 0.468 e. The van der Waals surface area contributed by atoms with Crippen LogP contribution in [0.1, 0.15) is 25.0 Å². The molecule has 2 heterocycles. The first kappa shape index (κ1) is 19.9. The van der Waals surface area contributed by atoms with Crippen LogP contribution in [0.2, 0.25) is 0 Å². The molecule has 28 heavy (non-hydrogen) atoms. The lowest BCUT2D eigenvalue weighted by Gasteiger charge is -2.37. The van der Waals surface area contributed by atoms with E-state index in [1.165, 1.54) is 7.11 Å². The minimum absolute atomic E-state index is 0.222. The Morgan fingerprint density at radius 2 is 1.96 bits per heavy atom. The maximum Gasteiger partial charge on any atom is 0.337 e. The van der Waals surface area contributed by atoms with E-state index in [-0.39, 0.29) is 25.2 Å². The summed E-state index contributed by atoms with van der Waals surface area (Å²) in [6, 6.07) is 6.53. The van der Waals surface area contributed by atoms with Gasteiger partial charge in [-0.3, -0.25) is 9.69 Å². The normalized spacial score (nSPS) is 22.0. The second-order valence-electron chi connectivity index (χ2n) is 6.85. The van der Waals surface area contributed by atoms with Gasteiger partial charge in [0.2, 0.25) is 0 Å². The Morgan fingerprint density at radius 3 is 2.64 bits per heavy atom. The number of nitrogens with one attached hydrogen (secondary N) is 2. The lowest BCUT2D eigenvalue weighted by atomic mass is 9.93. The van der Waals surface area contributed by atoms with Gasteiger partial charge in [-0.25, -0.2) is 9.59 Å². The van der Waals surface area contributed by atoms with Gasteiger partial charge in [-0.05, 0) is 31.4 Å². The number of nitrogens with zero attached hydrogens (tertiary/aromatic N) is 1. The third kappa shape index (κ3) is 4.01. The number of urea groups is 1. The quantitative estimate of drug-likeness (QED) is 0.735. The monoisotopic (exact) mass is 387 g/mol.